The number of aryl methyl sites for hydroxylation is 2. The van der Waals surface area contributed by atoms with Crippen LogP contribution in [0.4, 0.5) is 17.1 Å². The number of para-hydroxylation sites is 3. The third-order valence-corrected chi connectivity index (χ3v) is 8.49. The number of fused-ring (bicyclic) bond motifs is 1. The maximum absolute atomic E-state index is 6.14. The molecule has 2 heterocycles. The van der Waals surface area contributed by atoms with Gasteiger partial charge in [-0.3, -0.25) is 0 Å². The zero-order chi connectivity index (χ0) is 32.5. The lowest BCUT2D eigenvalue weighted by atomic mass is 10.0. The summed E-state index contributed by atoms with van der Waals surface area (Å²) in [5.74, 6) is 1.01. The second-order valence-electron chi connectivity index (χ2n) is 11.7. The first kappa shape index (κ1) is 29.0. The van der Waals surface area contributed by atoms with Gasteiger partial charge < -0.3 is 9.32 Å². The van der Waals surface area contributed by atoms with E-state index < -0.39 is 0 Å². The highest BCUT2D eigenvalue weighted by molar-refractivity contribution is 5.87. The topological polar surface area (TPSA) is 67.9 Å². The van der Waals surface area contributed by atoms with Crippen LogP contribution in [0.2, 0.25) is 0 Å². The van der Waals surface area contributed by atoms with Gasteiger partial charge in [-0.2, -0.15) is 0 Å². The Labute approximate surface area is 279 Å². The summed E-state index contributed by atoms with van der Waals surface area (Å²) in [4.78, 5) is 12.4. The zero-order valence-corrected chi connectivity index (χ0v) is 26.6. The van der Waals surface area contributed by atoms with E-state index in [2.05, 4.69) is 102 Å². The molecule has 8 aromatic rings. The Morgan fingerprint density at radius 2 is 0.958 bits per heavy atom. The molecule has 0 aliphatic heterocycles. The first-order chi connectivity index (χ1) is 23.6. The Morgan fingerprint density at radius 3 is 1.58 bits per heavy atom. The van der Waals surface area contributed by atoms with E-state index in [0.717, 1.165) is 72.9 Å². The van der Waals surface area contributed by atoms with Gasteiger partial charge in [0.15, 0.2) is 0 Å². The second-order valence-corrected chi connectivity index (χ2v) is 11.7. The second kappa shape index (κ2) is 12.4. The first-order valence-electron chi connectivity index (χ1n) is 15.9. The normalized spacial score (nSPS) is 11.1. The van der Waals surface area contributed by atoms with Gasteiger partial charge in [-0.25, -0.2) is 9.97 Å². The molecule has 0 saturated carbocycles. The van der Waals surface area contributed by atoms with E-state index in [1.807, 2.05) is 78.9 Å². The van der Waals surface area contributed by atoms with Gasteiger partial charge in [0.25, 0.3) is 0 Å². The smallest absolute Gasteiger partial charge is 0.248 e. The summed E-state index contributed by atoms with van der Waals surface area (Å²) < 4.78 is 6.14. The SMILES string of the molecule is Cc1cc(N(c2ccccc2)c2ccc(-c3nc4ccccc4nc3-c3ccccc3)cc2)c(C)cc1-c1nnc(-c2ccccc2)o1. The fraction of sp³-hybridized carbons (Fsp3) is 0.0476. The summed E-state index contributed by atoms with van der Waals surface area (Å²) in [5.41, 5.74) is 12.6. The van der Waals surface area contributed by atoms with Gasteiger partial charge in [0.05, 0.1) is 22.4 Å². The van der Waals surface area contributed by atoms with Gasteiger partial charge in [-0.1, -0.05) is 91.0 Å². The molecule has 0 atom stereocenters. The van der Waals surface area contributed by atoms with Crippen LogP contribution in [0.1, 0.15) is 11.1 Å². The molecule has 0 radical (unpaired) electrons. The van der Waals surface area contributed by atoms with E-state index in [4.69, 9.17) is 14.4 Å². The molecule has 230 valence electrons. The molecule has 0 bridgehead atoms. The van der Waals surface area contributed by atoms with Gasteiger partial charge in [0.2, 0.25) is 11.8 Å². The zero-order valence-electron chi connectivity index (χ0n) is 26.6. The van der Waals surface area contributed by atoms with Crippen LogP contribution in [0, 0.1) is 13.8 Å². The molecule has 6 aromatic carbocycles. The van der Waals surface area contributed by atoms with Crippen molar-refractivity contribution in [3.63, 3.8) is 0 Å². The minimum absolute atomic E-state index is 0.502. The van der Waals surface area contributed by atoms with Crippen LogP contribution in [0.5, 0.6) is 0 Å². The van der Waals surface area contributed by atoms with Gasteiger partial charge in [-0.05, 0) is 85.6 Å². The third-order valence-electron chi connectivity index (χ3n) is 8.49. The maximum Gasteiger partial charge on any atom is 0.248 e. The summed E-state index contributed by atoms with van der Waals surface area (Å²) in [6, 6.07) is 51.4. The van der Waals surface area contributed by atoms with Gasteiger partial charge in [0.1, 0.15) is 0 Å². The van der Waals surface area contributed by atoms with Crippen LogP contribution in [-0.4, -0.2) is 20.2 Å². The fourth-order valence-electron chi connectivity index (χ4n) is 6.07. The van der Waals surface area contributed by atoms with Crippen molar-refractivity contribution in [2.45, 2.75) is 13.8 Å². The Hall–Kier alpha value is -6.40. The molecule has 0 amide bonds. The predicted molar refractivity (Wildman–Crippen MR) is 193 cm³/mol. The third kappa shape index (κ3) is 5.50. The van der Waals surface area contributed by atoms with Crippen molar-refractivity contribution in [3.8, 4) is 45.4 Å². The highest BCUT2D eigenvalue weighted by atomic mass is 16.4. The summed E-state index contributed by atoms with van der Waals surface area (Å²) in [6.45, 7) is 4.20. The lowest BCUT2D eigenvalue weighted by molar-refractivity contribution is 0.584. The number of hydrogen-bond acceptors (Lipinski definition) is 6. The first-order valence-corrected chi connectivity index (χ1v) is 15.9. The van der Waals surface area contributed by atoms with Crippen molar-refractivity contribution < 1.29 is 4.42 Å². The lowest BCUT2D eigenvalue weighted by Gasteiger charge is -2.28. The number of rotatable bonds is 7. The lowest BCUT2D eigenvalue weighted by Crippen LogP contribution is -2.12. The molecule has 0 aliphatic rings. The van der Waals surface area contributed by atoms with Gasteiger partial charge >= 0.3 is 0 Å². The predicted octanol–water partition coefficient (Wildman–Crippen LogP) is 10.8. The molecule has 0 spiro atoms. The van der Waals surface area contributed by atoms with Gasteiger partial charge in [-0.15, -0.1) is 10.2 Å². The molecule has 48 heavy (non-hydrogen) atoms. The molecule has 0 N–H and O–H groups in total. The van der Waals surface area contributed by atoms with E-state index in [1.165, 1.54) is 0 Å². The van der Waals surface area contributed by atoms with E-state index in [9.17, 15) is 0 Å². The van der Waals surface area contributed by atoms with Crippen molar-refractivity contribution in [1.82, 2.24) is 20.2 Å². The van der Waals surface area contributed by atoms with Crippen LogP contribution in [-0.2, 0) is 0 Å². The number of aromatic nitrogens is 4. The minimum Gasteiger partial charge on any atom is -0.416 e. The number of hydrogen-bond donors (Lipinski definition) is 0. The standard InChI is InChI=1S/C42H31N5O/c1-28-27-38(29(2)26-35(28)42-46-45-41(48-42)32-16-8-4-9-17-32)47(33-18-10-5-11-19-33)34-24-22-31(23-25-34)40-39(30-14-6-3-7-15-30)43-36-20-12-13-21-37(36)44-40/h3-27H,1-2H3. The highest BCUT2D eigenvalue weighted by Gasteiger charge is 2.20. The van der Waals surface area contributed by atoms with Crippen molar-refractivity contribution in [2.75, 3.05) is 4.90 Å². The van der Waals surface area contributed by atoms with Crippen molar-refractivity contribution >= 4 is 28.1 Å². The molecule has 0 fully saturated rings. The quantitative estimate of drug-likeness (QED) is 0.176. The minimum atomic E-state index is 0.502. The Bertz CT molecular complexity index is 2350. The van der Waals surface area contributed by atoms with Crippen LogP contribution >= 0.6 is 0 Å². The Balaban J connectivity index is 1.20. The fourth-order valence-corrected chi connectivity index (χ4v) is 6.07. The van der Waals surface area contributed by atoms with Crippen LogP contribution in [0.25, 0.3) is 56.5 Å². The summed E-state index contributed by atoms with van der Waals surface area (Å²) in [5, 5.41) is 8.73. The highest BCUT2D eigenvalue weighted by Crippen LogP contribution is 2.41. The molecule has 0 aliphatic carbocycles. The van der Waals surface area contributed by atoms with Crippen molar-refractivity contribution in [3.05, 3.63) is 163 Å². The summed E-state index contributed by atoms with van der Waals surface area (Å²) >= 11 is 0. The summed E-state index contributed by atoms with van der Waals surface area (Å²) in [6.07, 6.45) is 0. The maximum atomic E-state index is 6.14. The van der Waals surface area contributed by atoms with E-state index >= 15 is 0 Å². The van der Waals surface area contributed by atoms with Crippen molar-refractivity contribution in [2.24, 2.45) is 0 Å². The molecule has 2 aromatic heterocycles. The molecule has 6 heteroatoms. The van der Waals surface area contributed by atoms with Gasteiger partial charge in [0, 0.05) is 39.3 Å². The van der Waals surface area contributed by atoms with E-state index in [0.29, 0.717) is 11.8 Å². The van der Waals surface area contributed by atoms with E-state index in [1.54, 1.807) is 0 Å². The average Bonchev–Trinajstić information content (AvgIpc) is 3.64. The number of benzene rings is 6. The van der Waals surface area contributed by atoms with Crippen LogP contribution in [0.3, 0.4) is 0 Å². The number of anilines is 3. The van der Waals surface area contributed by atoms with Crippen LogP contribution in [0.15, 0.2) is 156 Å². The number of nitrogens with zero attached hydrogens (tertiary/aromatic N) is 5. The molecule has 0 unspecified atom stereocenters. The average molecular weight is 622 g/mol. The molecule has 0 saturated heterocycles. The molecular formula is C42H31N5O. The molecular weight excluding hydrogens is 590 g/mol. The monoisotopic (exact) mass is 621 g/mol. The summed E-state index contributed by atoms with van der Waals surface area (Å²) in [7, 11) is 0. The molecule has 6 nitrogen and oxygen atoms in total. The van der Waals surface area contributed by atoms with Crippen molar-refractivity contribution in [1.29, 1.82) is 0 Å². The molecule has 8 rings (SSSR count). The Kier molecular flexibility index (Phi) is 7.51. The largest absolute Gasteiger partial charge is 0.416 e. The van der Waals surface area contributed by atoms with Crippen LogP contribution < -0.4 is 4.90 Å². The Morgan fingerprint density at radius 1 is 0.458 bits per heavy atom. The van der Waals surface area contributed by atoms with E-state index in [-0.39, 0.29) is 0 Å².